The van der Waals surface area contributed by atoms with Crippen LogP contribution in [0.3, 0.4) is 0 Å². The van der Waals surface area contributed by atoms with Gasteiger partial charge in [0.25, 0.3) is 0 Å². The van der Waals surface area contributed by atoms with Crippen LogP contribution in [-0.2, 0) is 9.53 Å². The zero-order valence-electron chi connectivity index (χ0n) is 11.4. The minimum Gasteiger partial charge on any atom is -0.403 e. The third kappa shape index (κ3) is 3.35. The van der Waals surface area contributed by atoms with Gasteiger partial charge in [0, 0.05) is 15.8 Å². The molecule has 4 heteroatoms. The molecule has 0 saturated heterocycles. The van der Waals surface area contributed by atoms with Crippen LogP contribution >= 0.6 is 11.3 Å². The van der Waals surface area contributed by atoms with Crippen LogP contribution in [0.5, 0.6) is 0 Å². The summed E-state index contributed by atoms with van der Waals surface area (Å²) in [4.78, 5) is 18.2. The Balaban J connectivity index is 1.79. The third-order valence-electron chi connectivity index (χ3n) is 2.90. The van der Waals surface area contributed by atoms with Crippen molar-refractivity contribution in [3.63, 3.8) is 0 Å². The van der Waals surface area contributed by atoms with E-state index in [1.165, 1.54) is 4.88 Å². The fourth-order valence-electron chi connectivity index (χ4n) is 1.89. The number of nitrogens with zero attached hydrogens (tertiary/aromatic N) is 1. The Hall–Kier alpha value is -2.46. The van der Waals surface area contributed by atoms with E-state index in [2.05, 4.69) is 4.99 Å². The molecular weight excluding hydrogens is 282 g/mol. The van der Waals surface area contributed by atoms with E-state index in [0.29, 0.717) is 11.6 Å². The summed E-state index contributed by atoms with van der Waals surface area (Å²) in [5.41, 5.74) is 1.37. The fourth-order valence-corrected chi connectivity index (χ4v) is 2.71. The van der Waals surface area contributed by atoms with Crippen LogP contribution in [0.15, 0.2) is 59.2 Å². The van der Waals surface area contributed by atoms with Crippen LogP contribution in [0, 0.1) is 6.92 Å². The quantitative estimate of drug-likeness (QED) is 0.632. The van der Waals surface area contributed by atoms with E-state index in [0.717, 1.165) is 10.4 Å². The van der Waals surface area contributed by atoms with Crippen molar-refractivity contribution in [2.24, 2.45) is 4.99 Å². The summed E-state index contributed by atoms with van der Waals surface area (Å²) in [5, 5.41) is 0. The van der Waals surface area contributed by atoms with Crippen LogP contribution in [0.25, 0.3) is 12.2 Å². The summed E-state index contributed by atoms with van der Waals surface area (Å²) >= 11 is 1.62. The van der Waals surface area contributed by atoms with Crippen molar-refractivity contribution in [1.29, 1.82) is 0 Å². The van der Waals surface area contributed by atoms with Crippen molar-refractivity contribution in [3.8, 4) is 0 Å². The van der Waals surface area contributed by atoms with E-state index in [9.17, 15) is 4.79 Å². The van der Waals surface area contributed by atoms with Crippen LogP contribution in [-0.4, -0.2) is 11.9 Å². The molecule has 104 valence electrons. The van der Waals surface area contributed by atoms with E-state index >= 15 is 0 Å². The Bertz CT molecular complexity index is 754. The molecule has 21 heavy (non-hydrogen) atoms. The Morgan fingerprint density at radius 2 is 1.90 bits per heavy atom. The average Bonchev–Trinajstić information content (AvgIpc) is 3.05. The van der Waals surface area contributed by atoms with E-state index in [-0.39, 0.29) is 0 Å². The number of ether oxygens (including phenoxy) is 1. The number of benzene rings is 1. The number of cyclic esters (lactones) is 1. The van der Waals surface area contributed by atoms with E-state index in [4.69, 9.17) is 4.74 Å². The van der Waals surface area contributed by atoms with Crippen molar-refractivity contribution in [2.75, 3.05) is 0 Å². The molecule has 0 saturated carbocycles. The van der Waals surface area contributed by atoms with Gasteiger partial charge in [0.1, 0.15) is 0 Å². The van der Waals surface area contributed by atoms with Crippen LogP contribution < -0.4 is 0 Å². The smallest absolute Gasteiger partial charge is 0.363 e. The Labute approximate surface area is 126 Å². The highest BCUT2D eigenvalue weighted by Crippen LogP contribution is 2.21. The van der Waals surface area contributed by atoms with Gasteiger partial charge in [-0.15, -0.1) is 11.3 Å². The Morgan fingerprint density at radius 3 is 2.62 bits per heavy atom. The summed E-state index contributed by atoms with van der Waals surface area (Å²) in [5.74, 6) is -0.0860. The zero-order chi connectivity index (χ0) is 14.7. The third-order valence-corrected chi connectivity index (χ3v) is 3.84. The predicted molar refractivity (Wildman–Crippen MR) is 86.0 cm³/mol. The van der Waals surface area contributed by atoms with Gasteiger partial charge in [-0.05, 0) is 36.8 Å². The number of rotatable bonds is 3. The van der Waals surface area contributed by atoms with E-state index in [1.54, 1.807) is 23.5 Å². The van der Waals surface area contributed by atoms with Gasteiger partial charge in [0.05, 0.1) is 0 Å². The topological polar surface area (TPSA) is 38.7 Å². The molecule has 0 spiro atoms. The fraction of sp³-hybridized carbons (Fsp3) is 0.0588. The first kappa shape index (κ1) is 13.5. The zero-order valence-corrected chi connectivity index (χ0v) is 12.3. The number of aryl methyl sites for hydroxylation is 1. The van der Waals surface area contributed by atoms with Crippen molar-refractivity contribution >= 4 is 35.4 Å². The molecule has 3 rings (SSSR count). The van der Waals surface area contributed by atoms with E-state index < -0.39 is 5.97 Å². The monoisotopic (exact) mass is 295 g/mol. The van der Waals surface area contributed by atoms with Crippen LogP contribution in [0.1, 0.15) is 15.3 Å². The van der Waals surface area contributed by atoms with E-state index in [1.807, 2.05) is 55.5 Å². The summed E-state index contributed by atoms with van der Waals surface area (Å²) in [6, 6.07) is 13.8. The van der Waals surface area contributed by atoms with Gasteiger partial charge in [0.2, 0.25) is 5.90 Å². The molecule has 0 aliphatic carbocycles. The van der Waals surface area contributed by atoms with Gasteiger partial charge in [-0.2, -0.15) is 0 Å². The van der Waals surface area contributed by atoms with Crippen LogP contribution in [0.2, 0.25) is 0 Å². The molecule has 0 N–H and O–H groups in total. The predicted octanol–water partition coefficient (Wildman–Crippen LogP) is 4.07. The second kappa shape index (κ2) is 5.89. The van der Waals surface area contributed by atoms with Gasteiger partial charge in [-0.3, -0.25) is 0 Å². The summed E-state index contributed by atoms with van der Waals surface area (Å²) in [7, 11) is 0. The van der Waals surface area contributed by atoms with Gasteiger partial charge in [-0.25, -0.2) is 9.79 Å². The maximum Gasteiger partial charge on any atom is 0.363 e. The molecule has 2 aromatic rings. The van der Waals surface area contributed by atoms with Crippen LogP contribution in [0.4, 0.5) is 0 Å². The maximum absolute atomic E-state index is 11.8. The maximum atomic E-state index is 11.8. The summed E-state index contributed by atoms with van der Waals surface area (Å²) in [6.45, 7) is 2.02. The second-order valence-corrected chi connectivity index (χ2v) is 5.88. The minimum atomic E-state index is -0.409. The number of esters is 1. The van der Waals surface area contributed by atoms with Gasteiger partial charge < -0.3 is 4.74 Å². The molecular formula is C17H13NO2S. The molecule has 2 heterocycles. The van der Waals surface area contributed by atoms with Crippen molar-refractivity contribution in [3.05, 3.63) is 69.6 Å². The average molecular weight is 295 g/mol. The number of hydrogen-bond acceptors (Lipinski definition) is 4. The summed E-state index contributed by atoms with van der Waals surface area (Å²) in [6.07, 6.45) is 5.32. The molecule has 1 aliphatic rings. The molecule has 0 fully saturated rings. The van der Waals surface area contributed by atoms with Crippen molar-refractivity contribution in [2.45, 2.75) is 6.92 Å². The molecule has 1 aromatic carbocycles. The van der Waals surface area contributed by atoms with Gasteiger partial charge >= 0.3 is 5.97 Å². The summed E-state index contributed by atoms with van der Waals surface area (Å²) < 4.78 is 5.14. The molecule has 1 aliphatic heterocycles. The number of carbonyl (C=O) groups excluding carboxylic acids is 1. The molecule has 1 aromatic heterocycles. The lowest BCUT2D eigenvalue weighted by Gasteiger charge is -1.92. The van der Waals surface area contributed by atoms with Gasteiger partial charge in [-0.1, -0.05) is 30.3 Å². The largest absolute Gasteiger partial charge is 0.403 e. The molecule has 0 radical (unpaired) electrons. The van der Waals surface area contributed by atoms with Crippen molar-refractivity contribution in [1.82, 2.24) is 0 Å². The number of hydrogen-bond donors (Lipinski definition) is 0. The molecule has 0 bridgehead atoms. The number of aliphatic imine (C=N–C) groups is 1. The molecule has 3 nitrogen and oxygen atoms in total. The Kier molecular flexibility index (Phi) is 3.79. The molecule has 0 amide bonds. The first-order chi connectivity index (χ1) is 10.2. The first-order valence-corrected chi connectivity index (χ1v) is 7.34. The SMILES string of the molecule is Cc1ccc(/C=C2N=C(/C=C\c3ccccc3)OC/2=O)s1. The lowest BCUT2D eigenvalue weighted by molar-refractivity contribution is -0.129. The normalized spacial score (nSPS) is 16.5. The number of carbonyl (C=O) groups is 1. The lowest BCUT2D eigenvalue weighted by atomic mass is 10.2. The second-order valence-electron chi connectivity index (χ2n) is 4.56. The lowest BCUT2D eigenvalue weighted by Crippen LogP contribution is -2.00. The highest BCUT2D eigenvalue weighted by molar-refractivity contribution is 7.12. The highest BCUT2D eigenvalue weighted by Gasteiger charge is 2.21. The molecule has 0 unspecified atom stereocenters. The first-order valence-electron chi connectivity index (χ1n) is 6.53. The van der Waals surface area contributed by atoms with Gasteiger partial charge in [0.15, 0.2) is 5.70 Å². The van der Waals surface area contributed by atoms with Crippen molar-refractivity contribution < 1.29 is 9.53 Å². The number of thiophene rings is 1. The molecule has 0 atom stereocenters. The minimum absolute atomic E-state index is 0.323. The standard InChI is InChI=1S/C17H13NO2S/c1-12-7-9-14(21-12)11-15-17(19)20-16(18-15)10-8-13-5-3-2-4-6-13/h2-11H,1H3/b10-8-,15-11+. The highest BCUT2D eigenvalue weighted by atomic mass is 32.1. The Morgan fingerprint density at radius 1 is 1.10 bits per heavy atom.